The molecule has 4 nitrogen and oxygen atoms in total. The van der Waals surface area contributed by atoms with Crippen LogP contribution in [0.2, 0.25) is 0 Å². The summed E-state index contributed by atoms with van der Waals surface area (Å²) in [4.78, 5) is 23.0. The van der Waals surface area contributed by atoms with Gasteiger partial charge in [-0.05, 0) is 31.6 Å². The summed E-state index contributed by atoms with van der Waals surface area (Å²) >= 11 is 0. The third-order valence-corrected chi connectivity index (χ3v) is 4.40. The van der Waals surface area contributed by atoms with E-state index in [0.717, 1.165) is 38.5 Å². The summed E-state index contributed by atoms with van der Waals surface area (Å²) < 4.78 is 0. The van der Waals surface area contributed by atoms with E-state index < -0.39 is 11.5 Å². The molecule has 0 bridgehead atoms. The van der Waals surface area contributed by atoms with Gasteiger partial charge in [-0.15, -0.1) is 0 Å². The van der Waals surface area contributed by atoms with Crippen molar-refractivity contribution in [2.45, 2.75) is 69.7 Å². The van der Waals surface area contributed by atoms with Gasteiger partial charge < -0.3 is 10.4 Å². The molecular formula is C14H23NO3. The van der Waals surface area contributed by atoms with Gasteiger partial charge in [0.15, 0.2) is 0 Å². The number of aliphatic carboxylic acids is 1. The van der Waals surface area contributed by atoms with E-state index in [1.54, 1.807) is 0 Å². The van der Waals surface area contributed by atoms with Crippen LogP contribution < -0.4 is 5.32 Å². The molecular weight excluding hydrogens is 230 g/mol. The lowest BCUT2D eigenvalue weighted by molar-refractivity contribution is -0.139. The van der Waals surface area contributed by atoms with Gasteiger partial charge in [0.1, 0.15) is 0 Å². The minimum Gasteiger partial charge on any atom is -0.481 e. The highest BCUT2D eigenvalue weighted by molar-refractivity contribution is 5.78. The van der Waals surface area contributed by atoms with Crippen LogP contribution in [0.4, 0.5) is 0 Å². The van der Waals surface area contributed by atoms with E-state index in [4.69, 9.17) is 5.11 Å². The van der Waals surface area contributed by atoms with Crippen LogP contribution in [0.3, 0.4) is 0 Å². The number of carbonyl (C=O) groups excluding carboxylic acids is 1. The van der Waals surface area contributed by atoms with Crippen molar-refractivity contribution in [3.63, 3.8) is 0 Å². The standard InChI is InChI=1S/C14H23NO3/c16-12(9-11-5-1-2-6-11)15-14(10-13(17)18)7-3-4-8-14/h11H,1-10H2,(H,15,16)(H,17,18). The molecule has 1 amide bonds. The van der Waals surface area contributed by atoms with Gasteiger partial charge in [0.05, 0.1) is 12.0 Å². The maximum absolute atomic E-state index is 12.0. The lowest BCUT2D eigenvalue weighted by Gasteiger charge is -2.29. The second-order valence-electron chi connectivity index (χ2n) is 5.96. The Morgan fingerprint density at radius 1 is 1.11 bits per heavy atom. The smallest absolute Gasteiger partial charge is 0.305 e. The minimum atomic E-state index is -0.807. The van der Waals surface area contributed by atoms with Crippen molar-refractivity contribution in [3.05, 3.63) is 0 Å². The van der Waals surface area contributed by atoms with Crippen LogP contribution in [-0.4, -0.2) is 22.5 Å². The van der Waals surface area contributed by atoms with E-state index >= 15 is 0 Å². The molecule has 2 N–H and O–H groups in total. The van der Waals surface area contributed by atoms with Crippen LogP contribution in [0.5, 0.6) is 0 Å². The number of carbonyl (C=O) groups is 2. The molecule has 0 radical (unpaired) electrons. The Balaban J connectivity index is 1.87. The van der Waals surface area contributed by atoms with E-state index in [2.05, 4.69) is 5.32 Å². The lowest BCUT2D eigenvalue weighted by atomic mass is 9.92. The third kappa shape index (κ3) is 3.47. The van der Waals surface area contributed by atoms with Gasteiger partial charge >= 0.3 is 5.97 Å². The zero-order valence-corrected chi connectivity index (χ0v) is 10.9. The van der Waals surface area contributed by atoms with Crippen LogP contribution in [0.25, 0.3) is 0 Å². The highest BCUT2D eigenvalue weighted by atomic mass is 16.4. The molecule has 2 fully saturated rings. The van der Waals surface area contributed by atoms with Crippen LogP contribution >= 0.6 is 0 Å². The number of amides is 1. The summed E-state index contributed by atoms with van der Waals surface area (Å²) in [7, 11) is 0. The highest BCUT2D eigenvalue weighted by Crippen LogP contribution is 2.33. The van der Waals surface area contributed by atoms with Crippen molar-refractivity contribution in [2.75, 3.05) is 0 Å². The third-order valence-electron chi connectivity index (χ3n) is 4.40. The van der Waals surface area contributed by atoms with Crippen LogP contribution in [0.15, 0.2) is 0 Å². The van der Waals surface area contributed by atoms with Gasteiger partial charge in [-0.2, -0.15) is 0 Å². The Morgan fingerprint density at radius 2 is 1.72 bits per heavy atom. The second-order valence-corrected chi connectivity index (χ2v) is 5.96. The molecule has 0 heterocycles. The lowest BCUT2D eigenvalue weighted by Crippen LogP contribution is -2.48. The number of hydrogen-bond donors (Lipinski definition) is 2. The summed E-state index contributed by atoms with van der Waals surface area (Å²) in [6.45, 7) is 0. The largest absolute Gasteiger partial charge is 0.481 e. The van der Waals surface area contributed by atoms with Gasteiger partial charge in [0.2, 0.25) is 5.91 Å². The Labute approximate surface area is 108 Å². The van der Waals surface area contributed by atoms with E-state index in [-0.39, 0.29) is 12.3 Å². The molecule has 0 unspecified atom stereocenters. The van der Waals surface area contributed by atoms with Gasteiger partial charge in [-0.3, -0.25) is 9.59 Å². The Morgan fingerprint density at radius 3 is 2.28 bits per heavy atom. The molecule has 18 heavy (non-hydrogen) atoms. The summed E-state index contributed by atoms with van der Waals surface area (Å²) in [5.74, 6) is -0.226. The zero-order valence-electron chi connectivity index (χ0n) is 10.9. The first-order valence-corrected chi connectivity index (χ1v) is 7.12. The Bertz CT molecular complexity index is 315. The second kappa shape index (κ2) is 5.72. The van der Waals surface area contributed by atoms with Crippen molar-refractivity contribution in [2.24, 2.45) is 5.92 Å². The summed E-state index contributed by atoms with van der Waals surface area (Å²) in [6.07, 6.45) is 9.11. The highest BCUT2D eigenvalue weighted by Gasteiger charge is 2.37. The van der Waals surface area contributed by atoms with Gasteiger partial charge in [-0.1, -0.05) is 25.7 Å². The minimum absolute atomic E-state index is 0.0602. The summed E-state index contributed by atoms with van der Waals surface area (Å²) in [5, 5.41) is 12.0. The molecule has 102 valence electrons. The maximum Gasteiger partial charge on any atom is 0.305 e. The summed E-state index contributed by atoms with van der Waals surface area (Å²) in [5.41, 5.74) is -0.457. The van der Waals surface area contributed by atoms with E-state index in [0.29, 0.717) is 12.3 Å². The fourth-order valence-corrected chi connectivity index (χ4v) is 3.51. The van der Waals surface area contributed by atoms with Gasteiger partial charge in [0, 0.05) is 6.42 Å². The molecule has 4 heteroatoms. The first-order chi connectivity index (χ1) is 8.60. The van der Waals surface area contributed by atoms with Crippen LogP contribution in [0.1, 0.15) is 64.2 Å². The number of nitrogens with one attached hydrogen (secondary N) is 1. The average molecular weight is 253 g/mol. The number of hydrogen-bond acceptors (Lipinski definition) is 2. The van der Waals surface area contributed by atoms with Crippen LogP contribution in [-0.2, 0) is 9.59 Å². The normalized spacial score (nSPS) is 23.1. The van der Waals surface area contributed by atoms with Crippen molar-refractivity contribution in [1.82, 2.24) is 5.32 Å². The molecule has 0 aliphatic heterocycles. The Hall–Kier alpha value is -1.06. The van der Waals surface area contributed by atoms with Crippen LogP contribution in [0, 0.1) is 5.92 Å². The van der Waals surface area contributed by atoms with Crippen molar-refractivity contribution in [1.29, 1.82) is 0 Å². The molecule has 0 aromatic rings. The first kappa shape index (κ1) is 13.4. The molecule has 0 saturated heterocycles. The van der Waals surface area contributed by atoms with Crippen molar-refractivity contribution in [3.8, 4) is 0 Å². The van der Waals surface area contributed by atoms with E-state index in [9.17, 15) is 9.59 Å². The Kier molecular flexibility index (Phi) is 4.25. The first-order valence-electron chi connectivity index (χ1n) is 7.12. The number of rotatable bonds is 5. The van der Waals surface area contributed by atoms with Crippen molar-refractivity contribution < 1.29 is 14.7 Å². The van der Waals surface area contributed by atoms with E-state index in [1.807, 2.05) is 0 Å². The molecule has 0 atom stereocenters. The molecule has 2 rings (SSSR count). The molecule has 2 aliphatic carbocycles. The molecule has 0 aromatic heterocycles. The number of carboxylic acid groups (broad SMARTS) is 1. The van der Waals surface area contributed by atoms with Crippen molar-refractivity contribution >= 4 is 11.9 Å². The average Bonchev–Trinajstić information content (AvgIpc) is 2.89. The monoisotopic (exact) mass is 253 g/mol. The van der Waals surface area contributed by atoms with Gasteiger partial charge in [0.25, 0.3) is 0 Å². The topological polar surface area (TPSA) is 66.4 Å². The fraction of sp³-hybridized carbons (Fsp3) is 0.857. The molecule has 2 aliphatic rings. The zero-order chi connectivity index (χ0) is 13.0. The van der Waals surface area contributed by atoms with E-state index in [1.165, 1.54) is 12.8 Å². The maximum atomic E-state index is 12.0. The molecule has 0 aromatic carbocycles. The molecule has 0 spiro atoms. The molecule has 2 saturated carbocycles. The van der Waals surface area contributed by atoms with Gasteiger partial charge in [-0.25, -0.2) is 0 Å². The predicted octanol–water partition coefficient (Wildman–Crippen LogP) is 2.47. The fourth-order valence-electron chi connectivity index (χ4n) is 3.51. The summed E-state index contributed by atoms with van der Waals surface area (Å²) in [6, 6.07) is 0. The predicted molar refractivity (Wildman–Crippen MR) is 68.2 cm³/mol. The SMILES string of the molecule is O=C(O)CC1(NC(=O)CC2CCCC2)CCCC1. The number of carboxylic acids is 1. The quantitative estimate of drug-likeness (QED) is 0.791.